The van der Waals surface area contributed by atoms with Gasteiger partial charge in [-0.3, -0.25) is 0 Å². The molecule has 0 saturated heterocycles. The van der Waals surface area contributed by atoms with Crippen LogP contribution in [-0.4, -0.2) is 0 Å². The molecule has 0 aliphatic carbocycles. The van der Waals surface area contributed by atoms with Crippen molar-refractivity contribution in [1.82, 2.24) is 0 Å². The highest BCUT2D eigenvalue weighted by molar-refractivity contribution is 7.80. The summed E-state index contributed by atoms with van der Waals surface area (Å²) in [6, 6.07) is 15.8. The molecule has 1 nitrogen and oxygen atoms in total. The average molecular weight is 201 g/mol. The molecule has 2 aromatic carbocycles. The van der Waals surface area contributed by atoms with Gasteiger partial charge in [0, 0.05) is 16.1 Å². The smallest absolute Gasteiger partial charge is 0.0393 e. The summed E-state index contributed by atoms with van der Waals surface area (Å²) >= 11 is 4.24. The molecule has 0 bridgehead atoms. The van der Waals surface area contributed by atoms with E-state index in [9.17, 15) is 0 Å². The molecule has 0 amide bonds. The second-order valence-corrected chi connectivity index (χ2v) is 3.65. The zero-order valence-corrected chi connectivity index (χ0v) is 8.54. The second kappa shape index (κ2) is 3.76. The maximum absolute atomic E-state index is 5.87. The summed E-state index contributed by atoms with van der Waals surface area (Å²) in [7, 11) is 0. The summed E-state index contributed by atoms with van der Waals surface area (Å²) in [6.45, 7) is 0. The second-order valence-electron chi connectivity index (χ2n) is 3.13. The number of hydrogen-bond acceptors (Lipinski definition) is 2. The highest BCUT2D eigenvalue weighted by atomic mass is 32.1. The molecule has 0 saturated carbocycles. The van der Waals surface area contributed by atoms with Gasteiger partial charge in [-0.1, -0.05) is 30.3 Å². The molecule has 0 radical (unpaired) electrons. The highest BCUT2D eigenvalue weighted by Gasteiger charge is 1.99. The first-order chi connectivity index (χ1) is 6.77. The lowest BCUT2D eigenvalue weighted by molar-refractivity contribution is 1.47. The fourth-order valence-corrected chi connectivity index (χ4v) is 1.55. The molecule has 2 N–H and O–H groups in total. The molecular weight excluding hydrogens is 190 g/mol. The summed E-state index contributed by atoms with van der Waals surface area (Å²) < 4.78 is 0. The summed E-state index contributed by atoms with van der Waals surface area (Å²) in [5, 5.41) is 0. The zero-order chi connectivity index (χ0) is 9.97. The van der Waals surface area contributed by atoms with Crippen LogP contribution >= 0.6 is 12.6 Å². The van der Waals surface area contributed by atoms with Crippen LogP contribution in [0.1, 0.15) is 0 Å². The van der Waals surface area contributed by atoms with Gasteiger partial charge >= 0.3 is 0 Å². The fraction of sp³-hybridized carbons (Fsp3) is 0. The number of rotatable bonds is 1. The standard InChI is InChI=1S/C12H11NS/c13-12-4-2-1-3-11(12)9-5-7-10(14)8-6-9/h1-8,14H,13H2. The molecule has 0 atom stereocenters. The van der Waals surface area contributed by atoms with E-state index in [1.807, 2.05) is 48.5 Å². The van der Waals surface area contributed by atoms with Crippen LogP contribution in [0.2, 0.25) is 0 Å². The molecule has 0 spiro atoms. The molecule has 0 aromatic heterocycles. The van der Waals surface area contributed by atoms with E-state index in [-0.39, 0.29) is 0 Å². The van der Waals surface area contributed by atoms with E-state index >= 15 is 0 Å². The Labute approximate surface area is 89.0 Å². The minimum Gasteiger partial charge on any atom is -0.398 e. The molecule has 0 fully saturated rings. The lowest BCUT2D eigenvalue weighted by Crippen LogP contribution is -1.88. The third-order valence-corrected chi connectivity index (χ3v) is 2.44. The van der Waals surface area contributed by atoms with Gasteiger partial charge in [0.2, 0.25) is 0 Å². The van der Waals surface area contributed by atoms with Crippen LogP contribution in [0.5, 0.6) is 0 Å². The van der Waals surface area contributed by atoms with Crippen molar-refractivity contribution in [3.8, 4) is 11.1 Å². The van der Waals surface area contributed by atoms with Gasteiger partial charge in [0.25, 0.3) is 0 Å². The highest BCUT2D eigenvalue weighted by Crippen LogP contribution is 2.25. The van der Waals surface area contributed by atoms with E-state index in [1.54, 1.807) is 0 Å². The van der Waals surface area contributed by atoms with Crippen molar-refractivity contribution in [3.63, 3.8) is 0 Å². The molecule has 2 aromatic rings. The Balaban J connectivity index is 2.50. The molecule has 2 rings (SSSR count). The van der Waals surface area contributed by atoms with Crippen molar-refractivity contribution in [2.24, 2.45) is 0 Å². The van der Waals surface area contributed by atoms with Crippen molar-refractivity contribution < 1.29 is 0 Å². The number of benzene rings is 2. The number of nitrogens with two attached hydrogens (primary N) is 1. The van der Waals surface area contributed by atoms with Crippen LogP contribution < -0.4 is 5.73 Å². The first kappa shape index (κ1) is 9.16. The largest absolute Gasteiger partial charge is 0.398 e. The first-order valence-electron chi connectivity index (χ1n) is 4.41. The molecule has 2 heteroatoms. The molecule has 14 heavy (non-hydrogen) atoms. The number of nitrogen functional groups attached to an aromatic ring is 1. The Morgan fingerprint density at radius 2 is 1.50 bits per heavy atom. The maximum Gasteiger partial charge on any atom is 0.0393 e. The molecule has 0 unspecified atom stereocenters. The molecule has 0 heterocycles. The Morgan fingerprint density at radius 1 is 0.857 bits per heavy atom. The van der Waals surface area contributed by atoms with E-state index in [4.69, 9.17) is 5.73 Å². The quantitative estimate of drug-likeness (QED) is 0.537. The van der Waals surface area contributed by atoms with Gasteiger partial charge in [0.1, 0.15) is 0 Å². The van der Waals surface area contributed by atoms with Crippen molar-refractivity contribution in [1.29, 1.82) is 0 Å². The predicted molar refractivity (Wildman–Crippen MR) is 63.5 cm³/mol. The van der Waals surface area contributed by atoms with Gasteiger partial charge in [-0.15, -0.1) is 12.6 Å². The Kier molecular flexibility index (Phi) is 2.46. The van der Waals surface area contributed by atoms with Crippen LogP contribution in [0.25, 0.3) is 11.1 Å². The SMILES string of the molecule is Nc1ccccc1-c1ccc(S)cc1. The van der Waals surface area contributed by atoms with Gasteiger partial charge in [-0.2, -0.15) is 0 Å². The third-order valence-electron chi connectivity index (χ3n) is 2.14. The van der Waals surface area contributed by atoms with Crippen LogP contribution in [0.4, 0.5) is 5.69 Å². The molecular formula is C12H11NS. The van der Waals surface area contributed by atoms with Crippen molar-refractivity contribution in [2.75, 3.05) is 5.73 Å². The normalized spacial score (nSPS) is 10.1. The maximum atomic E-state index is 5.87. The van der Waals surface area contributed by atoms with Gasteiger partial charge in [-0.25, -0.2) is 0 Å². The number of para-hydroxylation sites is 1. The average Bonchev–Trinajstić information content (AvgIpc) is 2.20. The number of hydrogen-bond donors (Lipinski definition) is 2. The summed E-state index contributed by atoms with van der Waals surface area (Å²) in [5.41, 5.74) is 8.87. The third kappa shape index (κ3) is 1.75. The van der Waals surface area contributed by atoms with Crippen molar-refractivity contribution in [2.45, 2.75) is 4.90 Å². The predicted octanol–water partition coefficient (Wildman–Crippen LogP) is 3.22. The number of anilines is 1. The van der Waals surface area contributed by atoms with Gasteiger partial charge in [0.15, 0.2) is 0 Å². The first-order valence-corrected chi connectivity index (χ1v) is 4.86. The van der Waals surface area contributed by atoms with Gasteiger partial charge in [0.05, 0.1) is 0 Å². The Hall–Kier alpha value is -1.41. The Morgan fingerprint density at radius 3 is 2.14 bits per heavy atom. The minimum absolute atomic E-state index is 0.805. The van der Waals surface area contributed by atoms with E-state index in [0.717, 1.165) is 21.7 Å². The summed E-state index contributed by atoms with van der Waals surface area (Å²) in [4.78, 5) is 0.961. The van der Waals surface area contributed by atoms with E-state index in [2.05, 4.69) is 12.6 Å². The van der Waals surface area contributed by atoms with Gasteiger partial charge < -0.3 is 5.73 Å². The van der Waals surface area contributed by atoms with Crippen LogP contribution in [-0.2, 0) is 0 Å². The topological polar surface area (TPSA) is 26.0 Å². The molecule has 0 aliphatic rings. The van der Waals surface area contributed by atoms with Crippen molar-refractivity contribution >= 4 is 18.3 Å². The molecule has 0 aliphatic heterocycles. The lowest BCUT2D eigenvalue weighted by atomic mass is 10.0. The van der Waals surface area contributed by atoms with E-state index in [0.29, 0.717) is 0 Å². The van der Waals surface area contributed by atoms with Gasteiger partial charge in [-0.05, 0) is 23.8 Å². The van der Waals surface area contributed by atoms with E-state index in [1.165, 1.54) is 0 Å². The zero-order valence-electron chi connectivity index (χ0n) is 7.64. The van der Waals surface area contributed by atoms with Crippen LogP contribution in [0.3, 0.4) is 0 Å². The number of thiol groups is 1. The lowest BCUT2D eigenvalue weighted by Gasteiger charge is -2.05. The van der Waals surface area contributed by atoms with E-state index < -0.39 is 0 Å². The van der Waals surface area contributed by atoms with Crippen molar-refractivity contribution in [3.05, 3.63) is 48.5 Å². The minimum atomic E-state index is 0.805. The summed E-state index contributed by atoms with van der Waals surface area (Å²) in [6.07, 6.45) is 0. The van der Waals surface area contributed by atoms with Crippen LogP contribution in [0.15, 0.2) is 53.4 Å². The molecule has 70 valence electrons. The Bertz CT molecular complexity index is 434. The van der Waals surface area contributed by atoms with Crippen LogP contribution in [0, 0.1) is 0 Å². The monoisotopic (exact) mass is 201 g/mol. The fourth-order valence-electron chi connectivity index (χ4n) is 1.40. The summed E-state index contributed by atoms with van der Waals surface area (Å²) in [5.74, 6) is 0.